The van der Waals surface area contributed by atoms with Crippen LogP contribution in [0.3, 0.4) is 0 Å². The third-order valence-corrected chi connectivity index (χ3v) is 7.52. The molecular weight excluding hydrogens is 472 g/mol. The first-order valence-electron chi connectivity index (χ1n) is 12.7. The van der Waals surface area contributed by atoms with Crippen LogP contribution in [-0.4, -0.2) is 48.2 Å². The van der Waals surface area contributed by atoms with Crippen LogP contribution in [0, 0.1) is 6.92 Å². The van der Waals surface area contributed by atoms with Crippen LogP contribution in [0.25, 0.3) is 11.1 Å². The summed E-state index contributed by atoms with van der Waals surface area (Å²) >= 11 is 0. The van der Waals surface area contributed by atoms with Gasteiger partial charge in [0.15, 0.2) is 0 Å². The van der Waals surface area contributed by atoms with Crippen molar-refractivity contribution in [2.45, 2.75) is 50.9 Å². The molecule has 1 fully saturated rings. The highest BCUT2D eigenvalue weighted by molar-refractivity contribution is 5.76. The maximum Gasteiger partial charge on any atom is 0.304 e. The Labute approximate surface area is 215 Å². The number of carboxylic acid groups (broad SMARTS) is 1. The summed E-state index contributed by atoms with van der Waals surface area (Å²) in [5, 5.41) is 19.2. The molecule has 0 spiro atoms. The largest absolute Gasteiger partial charge is 0.492 e. The van der Waals surface area contributed by atoms with E-state index in [1.165, 1.54) is 16.7 Å². The number of aliphatic hydroxyl groups is 1. The predicted octanol–water partition coefficient (Wildman–Crippen LogP) is 4.43. The Morgan fingerprint density at radius 3 is 2.68 bits per heavy atom. The molecule has 7 heteroatoms. The van der Waals surface area contributed by atoms with Crippen LogP contribution < -0.4 is 14.2 Å². The SMILES string of the molecule is Cc1cc(O[C@@H]2COC[C@H]2O)c2c(c1-c1cccc(COc3ccc4c(c3)OC[C@H]4CC(=O)O)c1)CC2. The molecule has 3 atom stereocenters. The lowest BCUT2D eigenvalue weighted by Gasteiger charge is -2.29. The molecule has 0 radical (unpaired) electrons. The standard InChI is InChI=1S/C30H30O7/c1-17-9-27(37-28-16-34-15-25(28)31)23-7-8-24(23)30(17)19-4-2-3-18(10-19)13-35-21-5-6-22-20(11-29(32)33)14-36-26(22)12-21/h2-6,9-10,12,20,25,28,31H,7-8,11,13-16H2,1H3,(H,32,33)/t20-,25-,28-/m1/s1. The van der Waals surface area contributed by atoms with Crippen molar-refractivity contribution < 1.29 is 34.0 Å². The topological polar surface area (TPSA) is 94.5 Å². The Morgan fingerprint density at radius 2 is 1.92 bits per heavy atom. The Morgan fingerprint density at radius 1 is 1.05 bits per heavy atom. The van der Waals surface area contributed by atoms with Crippen LogP contribution >= 0.6 is 0 Å². The Kier molecular flexibility index (Phi) is 6.26. The second-order valence-electron chi connectivity index (χ2n) is 10.1. The molecule has 0 bridgehead atoms. The number of fused-ring (bicyclic) bond motifs is 2. The fourth-order valence-electron chi connectivity index (χ4n) is 5.53. The van der Waals surface area contributed by atoms with Gasteiger partial charge in [-0.25, -0.2) is 0 Å². The number of rotatable bonds is 8. The van der Waals surface area contributed by atoms with Crippen LogP contribution in [0.5, 0.6) is 17.2 Å². The molecule has 2 heterocycles. The van der Waals surface area contributed by atoms with Gasteiger partial charge < -0.3 is 29.2 Å². The molecule has 0 amide bonds. The third kappa shape index (κ3) is 4.65. The maximum atomic E-state index is 11.1. The lowest BCUT2D eigenvalue weighted by Crippen LogP contribution is -2.31. The monoisotopic (exact) mass is 502 g/mol. The van der Waals surface area contributed by atoms with Gasteiger partial charge >= 0.3 is 5.97 Å². The first-order chi connectivity index (χ1) is 18.0. The van der Waals surface area contributed by atoms with E-state index in [1.807, 2.05) is 18.2 Å². The zero-order chi connectivity index (χ0) is 25.5. The van der Waals surface area contributed by atoms with Gasteiger partial charge in [0.25, 0.3) is 0 Å². The van der Waals surface area contributed by atoms with E-state index in [0.717, 1.165) is 40.8 Å². The lowest BCUT2D eigenvalue weighted by atomic mass is 9.79. The van der Waals surface area contributed by atoms with E-state index in [0.29, 0.717) is 37.9 Å². The summed E-state index contributed by atoms with van der Waals surface area (Å²) in [7, 11) is 0. The van der Waals surface area contributed by atoms with Gasteiger partial charge in [0, 0.05) is 17.5 Å². The van der Waals surface area contributed by atoms with Crippen molar-refractivity contribution in [3.63, 3.8) is 0 Å². The number of carbonyl (C=O) groups is 1. The van der Waals surface area contributed by atoms with Crippen LogP contribution in [0.2, 0.25) is 0 Å². The molecule has 192 valence electrons. The van der Waals surface area contributed by atoms with Crippen molar-refractivity contribution in [2.75, 3.05) is 19.8 Å². The fourth-order valence-corrected chi connectivity index (χ4v) is 5.53. The van der Waals surface area contributed by atoms with E-state index in [1.54, 1.807) is 0 Å². The van der Waals surface area contributed by atoms with Crippen molar-refractivity contribution >= 4 is 5.97 Å². The second kappa shape index (κ2) is 9.72. The molecule has 0 saturated carbocycles. The molecule has 1 saturated heterocycles. The van der Waals surface area contributed by atoms with E-state index in [2.05, 4.69) is 37.3 Å². The quantitative estimate of drug-likeness (QED) is 0.471. The predicted molar refractivity (Wildman–Crippen MR) is 137 cm³/mol. The molecular formula is C30H30O7. The van der Waals surface area contributed by atoms with Crippen molar-refractivity contribution in [3.8, 4) is 28.4 Å². The van der Waals surface area contributed by atoms with E-state index >= 15 is 0 Å². The van der Waals surface area contributed by atoms with Gasteiger partial charge in [0.2, 0.25) is 0 Å². The van der Waals surface area contributed by atoms with Gasteiger partial charge in [-0.3, -0.25) is 4.79 Å². The molecule has 1 aliphatic carbocycles. The highest BCUT2D eigenvalue weighted by atomic mass is 16.6. The van der Waals surface area contributed by atoms with Gasteiger partial charge in [0.1, 0.15) is 36.1 Å². The zero-order valence-electron chi connectivity index (χ0n) is 20.7. The maximum absolute atomic E-state index is 11.1. The zero-order valence-corrected chi connectivity index (χ0v) is 20.7. The molecule has 0 aromatic heterocycles. The summed E-state index contributed by atoms with van der Waals surface area (Å²) in [6.45, 7) is 3.64. The summed E-state index contributed by atoms with van der Waals surface area (Å²) in [6.07, 6.45) is 1.13. The summed E-state index contributed by atoms with van der Waals surface area (Å²) in [5.74, 6) is 1.32. The third-order valence-electron chi connectivity index (χ3n) is 7.52. The molecule has 3 aromatic carbocycles. The Hall–Kier alpha value is -3.55. The summed E-state index contributed by atoms with van der Waals surface area (Å²) < 4.78 is 23.3. The number of benzene rings is 3. The summed E-state index contributed by atoms with van der Waals surface area (Å²) in [6, 6.07) is 16.1. The van der Waals surface area contributed by atoms with E-state index in [-0.39, 0.29) is 18.4 Å². The number of aliphatic hydroxyl groups excluding tert-OH is 1. The molecule has 2 N–H and O–H groups in total. The number of ether oxygens (including phenoxy) is 4. The summed E-state index contributed by atoms with van der Waals surface area (Å²) in [4.78, 5) is 11.1. The van der Waals surface area contributed by atoms with Crippen LogP contribution in [0.1, 0.15) is 40.2 Å². The number of carboxylic acids is 1. The van der Waals surface area contributed by atoms with Gasteiger partial charge in [-0.1, -0.05) is 24.3 Å². The smallest absolute Gasteiger partial charge is 0.304 e. The van der Waals surface area contributed by atoms with Gasteiger partial charge in [0.05, 0.1) is 26.2 Å². The molecule has 3 aliphatic rings. The highest BCUT2D eigenvalue weighted by Gasteiger charge is 2.31. The molecule has 7 nitrogen and oxygen atoms in total. The lowest BCUT2D eigenvalue weighted by molar-refractivity contribution is -0.137. The number of hydrogen-bond donors (Lipinski definition) is 2. The Balaban J connectivity index is 1.18. The van der Waals surface area contributed by atoms with Crippen LogP contribution in [0.15, 0.2) is 48.5 Å². The normalized spacial score (nSPS) is 21.5. The molecule has 6 rings (SSSR count). The first-order valence-corrected chi connectivity index (χ1v) is 12.7. The van der Waals surface area contributed by atoms with Crippen LogP contribution in [0.4, 0.5) is 0 Å². The fraction of sp³-hybridized carbons (Fsp3) is 0.367. The minimum Gasteiger partial charge on any atom is -0.492 e. The number of aryl methyl sites for hydroxylation is 1. The number of aliphatic carboxylic acids is 1. The Bertz CT molecular complexity index is 1350. The van der Waals surface area contributed by atoms with Gasteiger partial charge in [-0.05, 0) is 71.3 Å². The molecule has 2 aliphatic heterocycles. The summed E-state index contributed by atoms with van der Waals surface area (Å²) in [5.41, 5.74) is 8.06. The minimum absolute atomic E-state index is 0.0627. The van der Waals surface area contributed by atoms with Crippen molar-refractivity contribution in [1.82, 2.24) is 0 Å². The van der Waals surface area contributed by atoms with Crippen molar-refractivity contribution in [1.29, 1.82) is 0 Å². The average molecular weight is 503 g/mol. The average Bonchev–Trinajstić information content (AvgIpc) is 3.44. The first kappa shape index (κ1) is 23.8. The molecule has 3 aromatic rings. The van der Waals surface area contributed by atoms with Gasteiger partial charge in [-0.15, -0.1) is 0 Å². The highest BCUT2D eigenvalue weighted by Crippen LogP contribution is 2.43. The minimum atomic E-state index is -0.823. The van der Waals surface area contributed by atoms with Crippen molar-refractivity contribution in [3.05, 3.63) is 76.3 Å². The van der Waals surface area contributed by atoms with E-state index < -0.39 is 12.1 Å². The van der Waals surface area contributed by atoms with E-state index in [9.17, 15) is 9.90 Å². The molecule has 37 heavy (non-hydrogen) atoms. The second-order valence-corrected chi connectivity index (χ2v) is 10.1. The van der Waals surface area contributed by atoms with Crippen LogP contribution in [-0.2, 0) is 29.0 Å². The number of hydrogen-bond acceptors (Lipinski definition) is 6. The molecule has 0 unspecified atom stereocenters. The van der Waals surface area contributed by atoms with Crippen molar-refractivity contribution in [2.24, 2.45) is 0 Å². The van der Waals surface area contributed by atoms with Gasteiger partial charge in [-0.2, -0.15) is 0 Å². The van der Waals surface area contributed by atoms with E-state index in [4.69, 9.17) is 24.1 Å².